The zero-order valence-corrected chi connectivity index (χ0v) is 20.2. The highest BCUT2D eigenvalue weighted by molar-refractivity contribution is 6.30. The summed E-state index contributed by atoms with van der Waals surface area (Å²) in [5.41, 5.74) is 1.53. The average Bonchev–Trinajstić information content (AvgIpc) is 3.57. The molecule has 5 atom stereocenters. The number of carbonyl (C=O) groups excluding carboxylic acids is 1. The van der Waals surface area contributed by atoms with Crippen LogP contribution in [0.15, 0.2) is 61.2 Å². The molecule has 1 unspecified atom stereocenters. The molecule has 1 saturated carbocycles. The Morgan fingerprint density at radius 3 is 2.41 bits per heavy atom. The molecular weight excluding hydrogens is 441 g/mol. The van der Waals surface area contributed by atoms with E-state index in [2.05, 4.69) is 12.6 Å². The monoisotopic (exact) mass is 471 g/mol. The number of amides is 1. The van der Waals surface area contributed by atoms with Crippen molar-refractivity contribution in [2.75, 3.05) is 0 Å². The van der Waals surface area contributed by atoms with Crippen LogP contribution in [0, 0.1) is 11.3 Å². The smallest absolute Gasteiger partial charge is 0.229 e. The number of hydrogen-bond donors (Lipinski definition) is 1. The maximum atomic E-state index is 14.1. The molecule has 1 aliphatic heterocycles. The SMILES string of the molecule is C=CCC1(C)C[C@H](c2cccc(Cl)c2)[C@@H](c2ccc(Cl)cc2)N([C@@H](C2CC2)[C@@H](C)O)C1=O. The van der Waals surface area contributed by atoms with Gasteiger partial charge in [-0.25, -0.2) is 0 Å². The molecule has 32 heavy (non-hydrogen) atoms. The molecule has 170 valence electrons. The number of carbonyl (C=O) groups is 1. The molecule has 0 spiro atoms. The van der Waals surface area contributed by atoms with E-state index >= 15 is 0 Å². The summed E-state index contributed by atoms with van der Waals surface area (Å²) in [6.07, 6.45) is 4.55. The van der Waals surface area contributed by atoms with Crippen molar-refractivity contribution in [3.63, 3.8) is 0 Å². The van der Waals surface area contributed by atoms with Gasteiger partial charge >= 0.3 is 0 Å². The number of halogens is 2. The van der Waals surface area contributed by atoms with Gasteiger partial charge in [-0.2, -0.15) is 0 Å². The quantitative estimate of drug-likeness (QED) is 0.451. The van der Waals surface area contributed by atoms with Gasteiger partial charge in [-0.1, -0.05) is 60.5 Å². The van der Waals surface area contributed by atoms with E-state index in [-0.39, 0.29) is 23.9 Å². The predicted molar refractivity (Wildman–Crippen MR) is 131 cm³/mol. The Balaban J connectivity index is 1.91. The summed E-state index contributed by atoms with van der Waals surface area (Å²) < 4.78 is 0. The first kappa shape index (κ1) is 23.4. The van der Waals surface area contributed by atoms with Gasteiger partial charge in [0.25, 0.3) is 0 Å². The van der Waals surface area contributed by atoms with Crippen molar-refractivity contribution in [3.05, 3.63) is 82.4 Å². The third kappa shape index (κ3) is 4.48. The lowest BCUT2D eigenvalue weighted by molar-refractivity contribution is -0.159. The van der Waals surface area contributed by atoms with Crippen molar-refractivity contribution in [3.8, 4) is 0 Å². The molecule has 2 aromatic rings. The van der Waals surface area contributed by atoms with Crippen LogP contribution in [0.4, 0.5) is 0 Å². The van der Waals surface area contributed by atoms with Gasteiger partial charge in [-0.05, 0) is 73.9 Å². The first-order valence-corrected chi connectivity index (χ1v) is 12.1. The van der Waals surface area contributed by atoms with Crippen LogP contribution in [0.25, 0.3) is 0 Å². The largest absolute Gasteiger partial charge is 0.391 e. The normalized spacial score (nSPS) is 27.8. The number of piperidine rings is 1. The van der Waals surface area contributed by atoms with E-state index in [0.29, 0.717) is 28.8 Å². The van der Waals surface area contributed by atoms with E-state index in [1.807, 2.05) is 67.3 Å². The molecule has 2 aromatic carbocycles. The summed E-state index contributed by atoms with van der Waals surface area (Å²) >= 11 is 12.6. The molecule has 4 rings (SSSR count). The zero-order chi connectivity index (χ0) is 23.0. The lowest BCUT2D eigenvalue weighted by atomic mass is 9.66. The van der Waals surface area contributed by atoms with Crippen LogP contribution < -0.4 is 0 Å². The molecule has 2 aliphatic rings. The summed E-state index contributed by atoms with van der Waals surface area (Å²) in [4.78, 5) is 16.1. The molecule has 1 aliphatic carbocycles. The highest BCUT2D eigenvalue weighted by atomic mass is 35.5. The number of aliphatic hydroxyl groups is 1. The Labute approximate surface area is 201 Å². The summed E-state index contributed by atoms with van der Waals surface area (Å²) in [6, 6.07) is 15.3. The Bertz CT molecular complexity index is 983. The van der Waals surface area contributed by atoms with Crippen LogP contribution in [0.3, 0.4) is 0 Å². The van der Waals surface area contributed by atoms with Gasteiger partial charge in [0.1, 0.15) is 0 Å². The van der Waals surface area contributed by atoms with Crippen molar-refractivity contribution in [2.45, 2.75) is 63.6 Å². The zero-order valence-electron chi connectivity index (χ0n) is 18.7. The van der Waals surface area contributed by atoms with Crippen molar-refractivity contribution < 1.29 is 9.90 Å². The summed E-state index contributed by atoms with van der Waals surface area (Å²) in [6.45, 7) is 7.77. The van der Waals surface area contributed by atoms with E-state index in [9.17, 15) is 9.90 Å². The minimum absolute atomic E-state index is 0.0255. The molecule has 1 amide bonds. The van der Waals surface area contributed by atoms with Gasteiger partial charge in [-0.3, -0.25) is 4.79 Å². The van der Waals surface area contributed by atoms with E-state index in [4.69, 9.17) is 23.2 Å². The number of hydrogen-bond acceptors (Lipinski definition) is 2. The van der Waals surface area contributed by atoms with Crippen LogP contribution in [0.1, 0.15) is 62.6 Å². The fraction of sp³-hybridized carbons (Fsp3) is 0.444. The van der Waals surface area contributed by atoms with Crippen molar-refractivity contribution in [1.82, 2.24) is 4.90 Å². The second kappa shape index (κ2) is 9.21. The van der Waals surface area contributed by atoms with Crippen LogP contribution in [0.2, 0.25) is 10.0 Å². The summed E-state index contributed by atoms with van der Waals surface area (Å²) in [5.74, 6) is 0.436. The van der Waals surface area contributed by atoms with Gasteiger partial charge in [0.15, 0.2) is 0 Å². The molecule has 1 N–H and O–H groups in total. The van der Waals surface area contributed by atoms with Gasteiger partial charge in [0.2, 0.25) is 5.91 Å². The van der Waals surface area contributed by atoms with Crippen molar-refractivity contribution in [1.29, 1.82) is 0 Å². The first-order valence-electron chi connectivity index (χ1n) is 11.4. The minimum Gasteiger partial charge on any atom is -0.391 e. The Morgan fingerprint density at radius 2 is 1.84 bits per heavy atom. The number of likely N-dealkylation sites (tertiary alicyclic amines) is 1. The van der Waals surface area contributed by atoms with E-state index in [0.717, 1.165) is 24.0 Å². The highest BCUT2D eigenvalue weighted by Crippen LogP contribution is 2.54. The van der Waals surface area contributed by atoms with E-state index < -0.39 is 11.5 Å². The van der Waals surface area contributed by atoms with Crippen LogP contribution in [-0.4, -0.2) is 28.1 Å². The fourth-order valence-electron chi connectivity index (χ4n) is 5.51. The summed E-state index contributed by atoms with van der Waals surface area (Å²) in [5, 5.41) is 12.2. The van der Waals surface area contributed by atoms with Crippen molar-refractivity contribution >= 4 is 29.1 Å². The second-order valence-electron chi connectivity index (χ2n) is 9.70. The average molecular weight is 472 g/mol. The summed E-state index contributed by atoms with van der Waals surface area (Å²) in [7, 11) is 0. The lowest BCUT2D eigenvalue weighted by Crippen LogP contribution is -2.58. The fourth-order valence-corrected chi connectivity index (χ4v) is 5.83. The van der Waals surface area contributed by atoms with Gasteiger partial charge in [0.05, 0.1) is 23.6 Å². The van der Waals surface area contributed by atoms with Crippen LogP contribution >= 0.6 is 23.2 Å². The van der Waals surface area contributed by atoms with Gasteiger partial charge < -0.3 is 10.0 Å². The number of rotatable bonds is 7. The van der Waals surface area contributed by atoms with Gasteiger partial charge in [-0.15, -0.1) is 6.58 Å². The number of aliphatic hydroxyl groups excluding tert-OH is 1. The molecule has 0 aromatic heterocycles. The standard InChI is InChI=1S/C27H31Cl2NO2/c1-4-14-27(3)16-23(20-6-5-7-22(29)15-20)25(19-10-12-21(28)13-11-19)30(26(27)32)24(17(2)31)18-8-9-18/h4-7,10-13,15,17-18,23-25,31H,1,8-9,14,16H2,2-3H3/t17-,23-,24-,25-,27?/m1/s1. The highest BCUT2D eigenvalue weighted by Gasteiger charge is 2.54. The Hall–Kier alpha value is -1.81. The van der Waals surface area contributed by atoms with Gasteiger partial charge in [0, 0.05) is 16.0 Å². The molecule has 0 bridgehead atoms. The van der Waals surface area contributed by atoms with E-state index in [1.54, 1.807) is 0 Å². The molecule has 1 heterocycles. The van der Waals surface area contributed by atoms with Crippen LogP contribution in [0.5, 0.6) is 0 Å². The lowest BCUT2D eigenvalue weighted by Gasteiger charge is -2.53. The minimum atomic E-state index is -0.618. The molecule has 5 heteroatoms. The van der Waals surface area contributed by atoms with Crippen molar-refractivity contribution in [2.24, 2.45) is 11.3 Å². The maximum absolute atomic E-state index is 14.1. The predicted octanol–water partition coefficient (Wildman–Crippen LogP) is 6.79. The topological polar surface area (TPSA) is 40.5 Å². The molecule has 1 saturated heterocycles. The number of benzene rings is 2. The number of nitrogens with zero attached hydrogens (tertiary/aromatic N) is 1. The molecule has 0 radical (unpaired) electrons. The maximum Gasteiger partial charge on any atom is 0.229 e. The first-order chi connectivity index (χ1) is 15.2. The third-order valence-corrected chi connectivity index (χ3v) is 7.59. The second-order valence-corrected chi connectivity index (χ2v) is 10.6. The van der Waals surface area contributed by atoms with E-state index in [1.165, 1.54) is 0 Å². The number of allylic oxidation sites excluding steroid dienone is 1. The third-order valence-electron chi connectivity index (χ3n) is 7.11. The molecule has 3 nitrogen and oxygen atoms in total. The Kier molecular flexibility index (Phi) is 6.72. The van der Waals surface area contributed by atoms with Crippen LogP contribution in [-0.2, 0) is 4.79 Å². The molecule has 2 fully saturated rings. The Morgan fingerprint density at radius 1 is 1.16 bits per heavy atom. The molecular formula is C27H31Cl2NO2.